The lowest BCUT2D eigenvalue weighted by atomic mass is 10.1. The van der Waals surface area contributed by atoms with E-state index in [0.29, 0.717) is 35.7 Å². The van der Waals surface area contributed by atoms with Gasteiger partial charge in [0.2, 0.25) is 0 Å². The molecule has 0 aliphatic carbocycles. The van der Waals surface area contributed by atoms with Crippen molar-refractivity contribution in [1.29, 1.82) is 0 Å². The van der Waals surface area contributed by atoms with E-state index in [2.05, 4.69) is 15.3 Å². The average molecular weight is 440 g/mol. The van der Waals surface area contributed by atoms with E-state index in [-0.39, 0.29) is 12.0 Å². The van der Waals surface area contributed by atoms with E-state index in [0.717, 1.165) is 41.5 Å². The van der Waals surface area contributed by atoms with E-state index in [1.165, 1.54) is 6.07 Å². The highest BCUT2D eigenvalue weighted by Crippen LogP contribution is 2.37. The zero-order chi connectivity index (χ0) is 23.1. The van der Waals surface area contributed by atoms with Crippen molar-refractivity contribution < 1.29 is 19.4 Å². The normalized spacial score (nSPS) is 10.8. The molecule has 3 N–H and O–H groups in total. The summed E-state index contributed by atoms with van der Waals surface area (Å²) in [4.78, 5) is 30.1. The Morgan fingerprint density at radius 3 is 2.53 bits per heavy atom. The van der Waals surface area contributed by atoms with Crippen LogP contribution in [-0.2, 0) is 4.79 Å². The monoisotopic (exact) mass is 439 g/mol. The Morgan fingerprint density at radius 2 is 1.84 bits per heavy atom. The number of aromatic nitrogens is 2. The molecule has 3 rings (SSSR count). The molecule has 2 aromatic heterocycles. The summed E-state index contributed by atoms with van der Waals surface area (Å²) in [5, 5.41) is 12.9. The minimum atomic E-state index is -0.771. The summed E-state index contributed by atoms with van der Waals surface area (Å²) < 4.78 is 11.5. The van der Waals surface area contributed by atoms with Gasteiger partial charge < -0.3 is 24.9 Å². The van der Waals surface area contributed by atoms with Gasteiger partial charge in [0.15, 0.2) is 11.5 Å². The lowest BCUT2D eigenvalue weighted by molar-refractivity contribution is -0.137. The molecule has 0 atom stereocenters. The molecular weight excluding hydrogens is 410 g/mol. The molecule has 0 unspecified atom stereocenters. The molecule has 32 heavy (non-hydrogen) atoms. The van der Waals surface area contributed by atoms with Crippen molar-refractivity contribution in [3.05, 3.63) is 52.1 Å². The van der Waals surface area contributed by atoms with E-state index in [1.807, 2.05) is 26.0 Å². The van der Waals surface area contributed by atoms with Crippen molar-refractivity contribution in [2.45, 2.75) is 46.0 Å². The van der Waals surface area contributed by atoms with Gasteiger partial charge in [0.25, 0.3) is 5.56 Å². The number of nitrogens with zero attached hydrogens (tertiary/aromatic N) is 1. The summed E-state index contributed by atoms with van der Waals surface area (Å²) >= 11 is 0. The molecule has 0 saturated carbocycles. The van der Waals surface area contributed by atoms with Gasteiger partial charge in [-0.15, -0.1) is 0 Å². The number of unbranched alkanes of at least 4 members (excludes halogenated alkanes) is 3. The SMILES string of the molecule is COc1ccc2c(Nc3c(C)cncc3C)cc(=O)[nH]c2c1OCCCCCCC(=O)O. The zero-order valence-corrected chi connectivity index (χ0v) is 18.7. The molecule has 1 aromatic carbocycles. The zero-order valence-electron chi connectivity index (χ0n) is 18.7. The van der Waals surface area contributed by atoms with Crippen LogP contribution in [0.5, 0.6) is 11.5 Å². The number of aromatic amines is 1. The number of nitrogens with one attached hydrogen (secondary N) is 2. The first-order valence-corrected chi connectivity index (χ1v) is 10.7. The Morgan fingerprint density at radius 1 is 1.12 bits per heavy atom. The first-order chi connectivity index (χ1) is 15.4. The van der Waals surface area contributed by atoms with Gasteiger partial charge in [0, 0.05) is 36.0 Å². The second kappa shape index (κ2) is 10.7. The van der Waals surface area contributed by atoms with Crippen LogP contribution >= 0.6 is 0 Å². The summed E-state index contributed by atoms with van der Waals surface area (Å²) in [7, 11) is 1.56. The van der Waals surface area contributed by atoms with Crippen LogP contribution in [0.3, 0.4) is 0 Å². The van der Waals surface area contributed by atoms with Crippen molar-refractivity contribution in [1.82, 2.24) is 9.97 Å². The van der Waals surface area contributed by atoms with Crippen molar-refractivity contribution >= 4 is 28.2 Å². The molecule has 8 heteroatoms. The third kappa shape index (κ3) is 5.57. The molecule has 170 valence electrons. The molecule has 0 bridgehead atoms. The van der Waals surface area contributed by atoms with Crippen LogP contribution in [0.2, 0.25) is 0 Å². The fraction of sp³-hybridized carbons (Fsp3) is 0.375. The van der Waals surface area contributed by atoms with E-state index < -0.39 is 5.97 Å². The third-order valence-corrected chi connectivity index (χ3v) is 5.27. The van der Waals surface area contributed by atoms with Crippen LogP contribution in [0, 0.1) is 13.8 Å². The molecule has 3 aromatic rings. The molecule has 0 aliphatic rings. The quantitative estimate of drug-likeness (QED) is 0.371. The van der Waals surface area contributed by atoms with E-state index in [4.69, 9.17) is 14.6 Å². The first-order valence-electron chi connectivity index (χ1n) is 10.7. The molecule has 0 aliphatic heterocycles. The van der Waals surface area contributed by atoms with Crippen LogP contribution in [-0.4, -0.2) is 34.8 Å². The van der Waals surface area contributed by atoms with Crippen LogP contribution in [0.15, 0.2) is 35.4 Å². The number of hydrogen-bond acceptors (Lipinski definition) is 6. The van der Waals surface area contributed by atoms with Gasteiger partial charge >= 0.3 is 5.97 Å². The van der Waals surface area contributed by atoms with E-state index >= 15 is 0 Å². The Labute approximate surface area is 186 Å². The van der Waals surface area contributed by atoms with Crippen molar-refractivity contribution in [3.63, 3.8) is 0 Å². The van der Waals surface area contributed by atoms with Gasteiger partial charge in [0.1, 0.15) is 0 Å². The number of H-pyrrole nitrogens is 1. The van der Waals surface area contributed by atoms with Crippen molar-refractivity contribution in [2.75, 3.05) is 19.0 Å². The largest absolute Gasteiger partial charge is 0.493 e. The number of carboxylic acids is 1. The number of anilines is 2. The smallest absolute Gasteiger partial charge is 0.303 e. The second-order valence-electron chi connectivity index (χ2n) is 7.75. The number of methoxy groups -OCH3 is 1. The maximum atomic E-state index is 12.5. The average Bonchev–Trinajstić information content (AvgIpc) is 2.75. The van der Waals surface area contributed by atoms with Crippen molar-refractivity contribution in [3.8, 4) is 11.5 Å². The predicted octanol–water partition coefficient (Wildman–Crippen LogP) is 4.71. The van der Waals surface area contributed by atoms with E-state index in [9.17, 15) is 9.59 Å². The Kier molecular flexibility index (Phi) is 7.70. The van der Waals surface area contributed by atoms with Crippen LogP contribution < -0.4 is 20.3 Å². The first kappa shape index (κ1) is 23.1. The Bertz CT molecular complexity index is 1140. The van der Waals surface area contributed by atoms with Gasteiger partial charge in [-0.25, -0.2) is 0 Å². The minimum absolute atomic E-state index is 0.186. The summed E-state index contributed by atoms with van der Waals surface area (Å²) in [5.41, 5.74) is 3.84. The molecule has 0 radical (unpaired) electrons. The molecule has 0 fully saturated rings. The number of aliphatic carboxylic acids is 1. The highest BCUT2D eigenvalue weighted by atomic mass is 16.5. The molecule has 0 amide bonds. The topological polar surface area (TPSA) is 114 Å². The van der Waals surface area contributed by atoms with Crippen LogP contribution in [0.25, 0.3) is 10.9 Å². The minimum Gasteiger partial charge on any atom is -0.493 e. The van der Waals surface area contributed by atoms with Gasteiger partial charge in [-0.05, 0) is 49.9 Å². The summed E-state index contributed by atoms with van der Waals surface area (Å²) in [6.07, 6.45) is 6.87. The number of ether oxygens (including phenoxy) is 2. The van der Waals surface area contributed by atoms with E-state index in [1.54, 1.807) is 19.5 Å². The van der Waals surface area contributed by atoms with Gasteiger partial charge in [0.05, 0.1) is 24.9 Å². The number of carboxylic acid groups (broad SMARTS) is 1. The van der Waals surface area contributed by atoms with Gasteiger partial charge in [-0.3, -0.25) is 14.6 Å². The summed E-state index contributed by atoms with van der Waals surface area (Å²) in [6.45, 7) is 4.36. The summed E-state index contributed by atoms with van der Waals surface area (Å²) in [5.74, 6) is 0.249. The lowest BCUT2D eigenvalue weighted by Crippen LogP contribution is -2.09. The fourth-order valence-corrected chi connectivity index (χ4v) is 3.63. The number of hydrogen-bond donors (Lipinski definition) is 3. The van der Waals surface area contributed by atoms with Crippen molar-refractivity contribution in [2.24, 2.45) is 0 Å². The number of carbonyl (C=O) groups is 1. The summed E-state index contributed by atoms with van der Waals surface area (Å²) in [6, 6.07) is 5.23. The van der Waals surface area contributed by atoms with Crippen LogP contribution in [0.1, 0.15) is 43.2 Å². The number of pyridine rings is 2. The fourth-order valence-electron chi connectivity index (χ4n) is 3.63. The number of aryl methyl sites for hydroxylation is 2. The maximum Gasteiger partial charge on any atom is 0.303 e. The molecule has 0 spiro atoms. The standard InChI is InChI=1S/C24H29N3O5/c1-15-13-25-14-16(2)22(15)26-18-12-20(28)27-23-17(18)9-10-19(31-3)24(23)32-11-7-5-4-6-8-21(29)30/h9-10,12-14H,4-8,11H2,1-3H3,(H,29,30)(H2,25,26,27,28). The Hall–Kier alpha value is -3.55. The number of fused-ring (bicyclic) bond motifs is 1. The van der Waals surface area contributed by atoms with Gasteiger partial charge in [-0.2, -0.15) is 0 Å². The highest BCUT2D eigenvalue weighted by Gasteiger charge is 2.15. The second-order valence-corrected chi connectivity index (χ2v) is 7.75. The Balaban J connectivity index is 1.85. The molecule has 0 saturated heterocycles. The molecular formula is C24H29N3O5. The van der Waals surface area contributed by atoms with Gasteiger partial charge in [-0.1, -0.05) is 12.8 Å². The molecule has 2 heterocycles. The maximum absolute atomic E-state index is 12.5. The highest BCUT2D eigenvalue weighted by molar-refractivity contribution is 5.97. The predicted molar refractivity (Wildman–Crippen MR) is 124 cm³/mol. The lowest BCUT2D eigenvalue weighted by Gasteiger charge is -2.17. The number of benzene rings is 1. The third-order valence-electron chi connectivity index (χ3n) is 5.27. The molecule has 8 nitrogen and oxygen atoms in total. The van der Waals surface area contributed by atoms with Crippen LogP contribution in [0.4, 0.5) is 11.4 Å². The number of rotatable bonds is 11.